The Morgan fingerprint density at radius 1 is 1.07 bits per heavy atom. The van der Waals surface area contributed by atoms with Crippen molar-refractivity contribution in [3.8, 4) is 0 Å². The van der Waals surface area contributed by atoms with Crippen LogP contribution in [0.5, 0.6) is 0 Å². The highest BCUT2D eigenvalue weighted by molar-refractivity contribution is 7.99. The highest BCUT2D eigenvalue weighted by Gasteiger charge is 2.31. The minimum atomic E-state index is 0.532. The predicted molar refractivity (Wildman–Crippen MR) is 66.5 cm³/mol. The van der Waals surface area contributed by atoms with Crippen LogP contribution in [-0.2, 0) is 4.74 Å². The van der Waals surface area contributed by atoms with E-state index < -0.39 is 0 Å². The number of nitrogens with one attached hydrogen (secondary N) is 1. The molecule has 0 spiro atoms. The van der Waals surface area contributed by atoms with E-state index in [0.717, 1.165) is 17.3 Å². The molecule has 0 saturated heterocycles. The lowest BCUT2D eigenvalue weighted by Gasteiger charge is -2.39. The molecule has 0 bridgehead atoms. The summed E-state index contributed by atoms with van der Waals surface area (Å²) >= 11 is 2.04. The Kier molecular flexibility index (Phi) is 4.35. The van der Waals surface area contributed by atoms with Crippen LogP contribution >= 0.6 is 11.8 Å². The van der Waals surface area contributed by atoms with Crippen molar-refractivity contribution in [3.05, 3.63) is 0 Å². The number of thioether (sulfide) groups is 1. The van der Waals surface area contributed by atoms with E-state index in [9.17, 15) is 0 Å². The molecule has 2 saturated carbocycles. The SMILES string of the molecule is COC1CC(NC2CCC(SC)CC2)C1. The Morgan fingerprint density at radius 2 is 1.73 bits per heavy atom. The largest absolute Gasteiger partial charge is 0.381 e. The Balaban J connectivity index is 1.61. The van der Waals surface area contributed by atoms with Crippen LogP contribution in [0, 0.1) is 0 Å². The molecular formula is C12H23NOS. The Morgan fingerprint density at radius 3 is 2.27 bits per heavy atom. The number of methoxy groups -OCH3 is 1. The lowest BCUT2D eigenvalue weighted by Crippen LogP contribution is -2.50. The molecule has 3 heteroatoms. The van der Waals surface area contributed by atoms with Crippen LogP contribution in [0.2, 0.25) is 0 Å². The van der Waals surface area contributed by atoms with Gasteiger partial charge in [0, 0.05) is 24.4 Å². The molecule has 2 aliphatic carbocycles. The first-order chi connectivity index (χ1) is 7.31. The van der Waals surface area contributed by atoms with Crippen molar-refractivity contribution >= 4 is 11.8 Å². The molecule has 2 aliphatic rings. The molecule has 0 aromatic rings. The molecule has 2 fully saturated rings. The van der Waals surface area contributed by atoms with Gasteiger partial charge in [0.15, 0.2) is 0 Å². The van der Waals surface area contributed by atoms with E-state index in [1.165, 1.54) is 38.5 Å². The fraction of sp³-hybridized carbons (Fsp3) is 1.00. The van der Waals surface area contributed by atoms with E-state index in [0.29, 0.717) is 6.10 Å². The number of ether oxygens (including phenoxy) is 1. The van der Waals surface area contributed by atoms with Crippen LogP contribution in [0.4, 0.5) is 0 Å². The fourth-order valence-corrected chi connectivity index (χ4v) is 3.44. The average molecular weight is 229 g/mol. The van der Waals surface area contributed by atoms with Gasteiger partial charge in [-0.05, 0) is 44.8 Å². The van der Waals surface area contributed by atoms with Crippen LogP contribution in [0.1, 0.15) is 38.5 Å². The third-order valence-electron chi connectivity index (χ3n) is 3.91. The fourth-order valence-electron chi connectivity index (χ4n) is 2.69. The van der Waals surface area contributed by atoms with Crippen molar-refractivity contribution in [2.24, 2.45) is 0 Å². The molecule has 15 heavy (non-hydrogen) atoms. The number of hydrogen-bond acceptors (Lipinski definition) is 3. The minimum Gasteiger partial charge on any atom is -0.381 e. The molecule has 0 aromatic carbocycles. The monoisotopic (exact) mass is 229 g/mol. The third-order valence-corrected chi connectivity index (χ3v) is 5.05. The Bertz CT molecular complexity index is 186. The summed E-state index contributed by atoms with van der Waals surface area (Å²) in [5.74, 6) is 0. The van der Waals surface area contributed by atoms with Crippen LogP contribution in [-0.4, -0.2) is 36.8 Å². The molecule has 1 N–H and O–H groups in total. The first-order valence-electron chi connectivity index (χ1n) is 6.13. The normalized spacial score (nSPS) is 41.2. The Hall–Kier alpha value is 0.270. The van der Waals surface area contributed by atoms with E-state index >= 15 is 0 Å². The summed E-state index contributed by atoms with van der Waals surface area (Å²) in [4.78, 5) is 0. The van der Waals surface area contributed by atoms with Gasteiger partial charge in [0.25, 0.3) is 0 Å². The quantitative estimate of drug-likeness (QED) is 0.800. The molecule has 88 valence electrons. The van der Waals surface area contributed by atoms with Gasteiger partial charge in [-0.25, -0.2) is 0 Å². The van der Waals surface area contributed by atoms with Gasteiger partial charge < -0.3 is 10.1 Å². The van der Waals surface area contributed by atoms with Crippen LogP contribution in [0.3, 0.4) is 0 Å². The smallest absolute Gasteiger partial charge is 0.0601 e. The molecule has 0 radical (unpaired) electrons. The third kappa shape index (κ3) is 3.11. The van der Waals surface area contributed by atoms with Crippen molar-refractivity contribution in [1.29, 1.82) is 0 Å². The van der Waals surface area contributed by atoms with Gasteiger partial charge in [-0.15, -0.1) is 0 Å². The summed E-state index contributed by atoms with van der Waals surface area (Å²) in [5, 5.41) is 4.70. The summed E-state index contributed by atoms with van der Waals surface area (Å²) in [6, 6.07) is 1.53. The van der Waals surface area contributed by atoms with Crippen molar-refractivity contribution < 1.29 is 4.74 Å². The first kappa shape index (κ1) is 11.7. The van der Waals surface area contributed by atoms with E-state index in [4.69, 9.17) is 4.74 Å². The lowest BCUT2D eigenvalue weighted by atomic mass is 9.86. The highest BCUT2D eigenvalue weighted by atomic mass is 32.2. The van der Waals surface area contributed by atoms with Crippen molar-refractivity contribution in [3.63, 3.8) is 0 Å². The maximum atomic E-state index is 5.30. The molecule has 2 nitrogen and oxygen atoms in total. The van der Waals surface area contributed by atoms with Gasteiger partial charge in [-0.3, -0.25) is 0 Å². The Labute approximate surface area is 97.5 Å². The summed E-state index contributed by atoms with van der Waals surface area (Å²) in [5.41, 5.74) is 0. The summed E-state index contributed by atoms with van der Waals surface area (Å²) in [6.45, 7) is 0. The van der Waals surface area contributed by atoms with Gasteiger partial charge in [0.05, 0.1) is 6.10 Å². The topological polar surface area (TPSA) is 21.3 Å². The molecule has 0 aliphatic heterocycles. The number of rotatable bonds is 4. The molecule has 0 atom stereocenters. The summed E-state index contributed by atoms with van der Waals surface area (Å²) in [7, 11) is 1.82. The van der Waals surface area contributed by atoms with E-state index in [2.05, 4.69) is 11.6 Å². The predicted octanol–water partition coefficient (Wildman–Crippen LogP) is 2.43. The molecule has 0 unspecified atom stereocenters. The molecule has 0 heterocycles. The second-order valence-electron chi connectivity index (χ2n) is 4.90. The van der Waals surface area contributed by atoms with Crippen molar-refractivity contribution in [2.45, 2.75) is 62.0 Å². The zero-order valence-electron chi connectivity index (χ0n) is 9.87. The molecular weight excluding hydrogens is 206 g/mol. The second kappa shape index (κ2) is 5.55. The van der Waals surface area contributed by atoms with E-state index in [-0.39, 0.29) is 0 Å². The molecule has 2 rings (SSSR count). The zero-order valence-corrected chi connectivity index (χ0v) is 10.7. The standard InChI is InChI=1S/C12H23NOS/c1-14-11-7-10(8-11)13-9-3-5-12(15-2)6-4-9/h9-13H,3-8H2,1-2H3. The van der Waals surface area contributed by atoms with Gasteiger partial charge >= 0.3 is 0 Å². The zero-order chi connectivity index (χ0) is 10.7. The van der Waals surface area contributed by atoms with Gasteiger partial charge in [0.1, 0.15) is 0 Å². The van der Waals surface area contributed by atoms with Crippen molar-refractivity contribution in [1.82, 2.24) is 5.32 Å². The first-order valence-corrected chi connectivity index (χ1v) is 7.42. The maximum absolute atomic E-state index is 5.30. The van der Waals surface area contributed by atoms with Crippen LogP contribution in [0.25, 0.3) is 0 Å². The second-order valence-corrected chi connectivity index (χ2v) is 6.04. The van der Waals surface area contributed by atoms with E-state index in [1.54, 1.807) is 0 Å². The minimum absolute atomic E-state index is 0.532. The summed E-state index contributed by atoms with van der Waals surface area (Å²) in [6.07, 6.45) is 10.8. The van der Waals surface area contributed by atoms with E-state index in [1.807, 2.05) is 18.9 Å². The average Bonchev–Trinajstić information content (AvgIpc) is 2.23. The van der Waals surface area contributed by atoms with Gasteiger partial charge in [-0.1, -0.05) is 0 Å². The number of hydrogen-bond donors (Lipinski definition) is 1. The van der Waals surface area contributed by atoms with Gasteiger partial charge in [-0.2, -0.15) is 11.8 Å². The summed E-state index contributed by atoms with van der Waals surface area (Å²) < 4.78 is 5.30. The lowest BCUT2D eigenvalue weighted by molar-refractivity contribution is 0.0129. The molecule has 0 aromatic heterocycles. The highest BCUT2D eigenvalue weighted by Crippen LogP contribution is 2.29. The molecule has 0 amide bonds. The van der Waals surface area contributed by atoms with Crippen LogP contribution in [0.15, 0.2) is 0 Å². The van der Waals surface area contributed by atoms with Crippen LogP contribution < -0.4 is 5.32 Å². The van der Waals surface area contributed by atoms with Crippen molar-refractivity contribution in [2.75, 3.05) is 13.4 Å². The van der Waals surface area contributed by atoms with Gasteiger partial charge in [0.2, 0.25) is 0 Å². The maximum Gasteiger partial charge on any atom is 0.0601 e.